The molecule has 1 N–H and O–H groups in total. The van der Waals surface area contributed by atoms with E-state index in [4.69, 9.17) is 5.10 Å². The van der Waals surface area contributed by atoms with Gasteiger partial charge in [0.15, 0.2) is 0 Å². The zero-order valence-corrected chi connectivity index (χ0v) is 15.0. The van der Waals surface area contributed by atoms with E-state index in [1.807, 2.05) is 29.1 Å². The number of nitrogens with zero attached hydrogens (tertiary/aromatic N) is 3. The van der Waals surface area contributed by atoms with Crippen LogP contribution >= 0.6 is 0 Å². The smallest absolute Gasteiger partial charge is 0.236 e. The van der Waals surface area contributed by atoms with Crippen LogP contribution in [0.1, 0.15) is 30.5 Å². The first kappa shape index (κ1) is 17.6. The maximum atomic E-state index is 11.1. The third kappa shape index (κ3) is 4.45. The number of aryl methyl sites for hydroxylation is 1. The number of hydrogen-bond acceptors (Lipinski definition) is 3. The van der Waals surface area contributed by atoms with Crippen LogP contribution in [-0.4, -0.2) is 21.9 Å². The van der Waals surface area contributed by atoms with Crippen molar-refractivity contribution in [3.8, 4) is 11.3 Å². The van der Waals surface area contributed by atoms with Gasteiger partial charge >= 0.3 is 0 Å². The number of aromatic nitrogens is 2. The molecule has 0 unspecified atom stereocenters. The van der Waals surface area contributed by atoms with Gasteiger partial charge in [-0.2, -0.15) is 10.2 Å². The molecule has 0 saturated carbocycles. The molecule has 0 bridgehead atoms. The summed E-state index contributed by atoms with van der Waals surface area (Å²) in [6, 6.07) is 18.5. The number of amides is 1. The molecule has 1 heterocycles. The molecule has 0 atom stereocenters. The number of nitrogens with one attached hydrogen (secondary N) is 1. The molecule has 0 aliphatic heterocycles. The van der Waals surface area contributed by atoms with Gasteiger partial charge in [0, 0.05) is 24.2 Å². The molecule has 0 radical (unpaired) electrons. The molecule has 1 amide bonds. The predicted molar refractivity (Wildman–Crippen MR) is 104 cm³/mol. The summed E-state index contributed by atoms with van der Waals surface area (Å²) in [5.41, 5.74) is 7.63. The molecule has 0 saturated heterocycles. The van der Waals surface area contributed by atoms with Crippen molar-refractivity contribution in [2.75, 3.05) is 0 Å². The highest BCUT2D eigenvalue weighted by Gasteiger charge is 2.10. The molecule has 0 fully saturated rings. The zero-order valence-electron chi connectivity index (χ0n) is 15.0. The van der Waals surface area contributed by atoms with Gasteiger partial charge in [0.25, 0.3) is 0 Å². The van der Waals surface area contributed by atoms with E-state index in [1.54, 1.807) is 6.21 Å². The molecule has 3 rings (SSSR count). The highest BCUT2D eigenvalue weighted by Crippen LogP contribution is 2.22. The molecule has 5 heteroatoms. The quantitative estimate of drug-likeness (QED) is 0.547. The molecule has 1 aromatic heterocycles. The average Bonchev–Trinajstić information content (AvgIpc) is 3.05. The first-order chi connectivity index (χ1) is 12.7. The normalized spacial score (nSPS) is 11.0. The molecule has 0 aliphatic rings. The van der Waals surface area contributed by atoms with Gasteiger partial charge in [-0.25, -0.2) is 5.43 Å². The molecule has 0 spiro atoms. The molecule has 132 valence electrons. The number of hydrogen-bond donors (Lipinski definition) is 1. The van der Waals surface area contributed by atoms with Crippen LogP contribution in [0.15, 0.2) is 65.9 Å². The number of rotatable bonds is 6. The summed E-state index contributed by atoms with van der Waals surface area (Å²) < 4.78 is 1.90. The van der Waals surface area contributed by atoms with Gasteiger partial charge in [0.2, 0.25) is 5.91 Å². The largest absolute Gasteiger partial charge is 0.274 e. The van der Waals surface area contributed by atoms with E-state index in [-0.39, 0.29) is 5.91 Å². The Morgan fingerprint density at radius 3 is 2.50 bits per heavy atom. The van der Waals surface area contributed by atoms with E-state index in [1.165, 1.54) is 18.1 Å². The maximum Gasteiger partial charge on any atom is 0.236 e. The van der Waals surface area contributed by atoms with Gasteiger partial charge in [-0.3, -0.25) is 9.48 Å². The first-order valence-corrected chi connectivity index (χ1v) is 8.66. The second-order valence-electron chi connectivity index (χ2n) is 6.09. The fourth-order valence-corrected chi connectivity index (χ4v) is 2.70. The number of benzene rings is 2. The second kappa shape index (κ2) is 8.25. The van der Waals surface area contributed by atoms with Gasteiger partial charge in [0.1, 0.15) is 5.69 Å². The van der Waals surface area contributed by atoms with Crippen molar-refractivity contribution in [3.63, 3.8) is 0 Å². The second-order valence-corrected chi connectivity index (χ2v) is 6.09. The van der Waals surface area contributed by atoms with Crippen LogP contribution in [0.4, 0.5) is 0 Å². The lowest BCUT2D eigenvalue weighted by molar-refractivity contribution is -0.118. The Labute approximate surface area is 153 Å². The fourth-order valence-electron chi connectivity index (χ4n) is 2.70. The van der Waals surface area contributed by atoms with Crippen LogP contribution in [0.5, 0.6) is 0 Å². The summed E-state index contributed by atoms with van der Waals surface area (Å²) >= 11 is 0. The van der Waals surface area contributed by atoms with E-state index < -0.39 is 0 Å². The summed E-state index contributed by atoms with van der Waals surface area (Å²) in [6.45, 7) is 4.24. The van der Waals surface area contributed by atoms with Crippen molar-refractivity contribution in [1.82, 2.24) is 15.2 Å². The lowest BCUT2D eigenvalue weighted by Crippen LogP contribution is -2.12. The molecular weight excluding hydrogens is 324 g/mol. The van der Waals surface area contributed by atoms with E-state index in [9.17, 15) is 4.79 Å². The minimum Gasteiger partial charge on any atom is -0.274 e. The van der Waals surface area contributed by atoms with Gasteiger partial charge < -0.3 is 0 Å². The summed E-state index contributed by atoms with van der Waals surface area (Å²) in [4.78, 5) is 11.1. The standard InChI is InChI=1S/C21H22N4O/c1-3-17-9-11-19(12-10-17)21-20(13-22-23-16(2)26)15-25(24-21)14-18-7-5-4-6-8-18/h4-13,15H,3,14H2,1-2H3,(H,23,26)/b22-13-. The van der Waals surface area contributed by atoms with Crippen molar-refractivity contribution in [3.05, 3.63) is 77.5 Å². The van der Waals surface area contributed by atoms with E-state index >= 15 is 0 Å². The Morgan fingerprint density at radius 2 is 1.85 bits per heavy atom. The van der Waals surface area contributed by atoms with Crippen LogP contribution in [0.3, 0.4) is 0 Å². The Kier molecular flexibility index (Phi) is 5.59. The van der Waals surface area contributed by atoms with Crippen molar-refractivity contribution < 1.29 is 4.79 Å². The van der Waals surface area contributed by atoms with Crippen molar-refractivity contribution in [2.24, 2.45) is 5.10 Å². The lowest BCUT2D eigenvalue weighted by atomic mass is 10.1. The van der Waals surface area contributed by atoms with Crippen molar-refractivity contribution >= 4 is 12.1 Å². The molecular formula is C21H22N4O. The molecule has 2 aromatic carbocycles. The van der Waals surface area contributed by atoms with Gasteiger partial charge in [-0.05, 0) is 17.5 Å². The first-order valence-electron chi connectivity index (χ1n) is 8.66. The van der Waals surface area contributed by atoms with Gasteiger partial charge in [-0.15, -0.1) is 0 Å². The van der Waals surface area contributed by atoms with Crippen LogP contribution in [0.25, 0.3) is 11.3 Å². The highest BCUT2D eigenvalue weighted by molar-refractivity contribution is 5.89. The Morgan fingerprint density at radius 1 is 1.12 bits per heavy atom. The minimum absolute atomic E-state index is 0.202. The molecule has 0 aliphatic carbocycles. The lowest BCUT2D eigenvalue weighted by Gasteiger charge is -2.02. The highest BCUT2D eigenvalue weighted by atomic mass is 16.2. The zero-order chi connectivity index (χ0) is 18.4. The molecule has 3 aromatic rings. The van der Waals surface area contributed by atoms with Gasteiger partial charge in [0.05, 0.1) is 12.8 Å². The van der Waals surface area contributed by atoms with E-state index in [0.717, 1.165) is 23.2 Å². The summed E-state index contributed by atoms with van der Waals surface area (Å²) in [6.07, 6.45) is 4.58. The van der Waals surface area contributed by atoms with Crippen LogP contribution < -0.4 is 5.43 Å². The van der Waals surface area contributed by atoms with Crippen LogP contribution in [-0.2, 0) is 17.8 Å². The average molecular weight is 346 g/mol. The Balaban J connectivity index is 1.93. The molecule has 26 heavy (non-hydrogen) atoms. The van der Waals surface area contributed by atoms with Crippen molar-refractivity contribution in [1.29, 1.82) is 0 Å². The number of carbonyl (C=O) groups is 1. The Bertz CT molecular complexity index is 896. The van der Waals surface area contributed by atoms with Crippen LogP contribution in [0, 0.1) is 0 Å². The third-order valence-electron chi connectivity index (χ3n) is 4.04. The number of hydrazone groups is 1. The minimum atomic E-state index is -0.202. The fraction of sp³-hybridized carbons (Fsp3) is 0.190. The summed E-state index contributed by atoms with van der Waals surface area (Å²) in [5.74, 6) is -0.202. The number of carbonyl (C=O) groups excluding carboxylic acids is 1. The summed E-state index contributed by atoms with van der Waals surface area (Å²) in [7, 11) is 0. The van der Waals surface area contributed by atoms with E-state index in [0.29, 0.717) is 6.54 Å². The Hall–Kier alpha value is -3.21. The predicted octanol–water partition coefficient (Wildman–Crippen LogP) is 3.63. The SMILES string of the molecule is CCc1ccc(-c2nn(Cc3ccccc3)cc2/C=N\NC(C)=O)cc1. The topological polar surface area (TPSA) is 59.3 Å². The molecule has 5 nitrogen and oxygen atoms in total. The monoisotopic (exact) mass is 346 g/mol. The summed E-state index contributed by atoms with van der Waals surface area (Å²) in [5, 5.41) is 8.75. The van der Waals surface area contributed by atoms with Crippen LogP contribution in [0.2, 0.25) is 0 Å². The maximum absolute atomic E-state index is 11.1. The van der Waals surface area contributed by atoms with Gasteiger partial charge in [-0.1, -0.05) is 61.5 Å². The van der Waals surface area contributed by atoms with E-state index in [2.05, 4.69) is 53.8 Å². The van der Waals surface area contributed by atoms with Crippen molar-refractivity contribution in [2.45, 2.75) is 26.8 Å². The third-order valence-corrected chi connectivity index (χ3v) is 4.04.